The standard InChI is InChI=1S/C16H21N3O2S/c1-21-14-4-2-3-12(15(14)20)9-17-19-16(22)18-13-8-10-5-6-11(13)7-10/h2-4,9-11,13,20H,5-8H2,1H3,(H2,18,19,22)/b17-9-/t10-,11+,13+/m0/s1. The van der Waals surface area contributed by atoms with Gasteiger partial charge in [-0.05, 0) is 55.4 Å². The number of methoxy groups -OCH3 is 1. The van der Waals surface area contributed by atoms with Gasteiger partial charge in [0.1, 0.15) is 0 Å². The van der Waals surface area contributed by atoms with E-state index in [2.05, 4.69) is 15.8 Å². The van der Waals surface area contributed by atoms with Crippen LogP contribution in [0, 0.1) is 11.8 Å². The fourth-order valence-corrected chi connectivity index (χ4v) is 3.79. The maximum atomic E-state index is 9.96. The molecule has 0 saturated heterocycles. The van der Waals surface area contributed by atoms with Crippen LogP contribution >= 0.6 is 12.2 Å². The highest BCUT2D eigenvalue weighted by Crippen LogP contribution is 2.44. The topological polar surface area (TPSA) is 65.9 Å². The molecule has 0 amide bonds. The lowest BCUT2D eigenvalue weighted by Gasteiger charge is -2.23. The molecule has 0 radical (unpaired) electrons. The Balaban J connectivity index is 1.52. The lowest BCUT2D eigenvalue weighted by atomic mass is 9.96. The van der Waals surface area contributed by atoms with Gasteiger partial charge in [-0.2, -0.15) is 5.10 Å². The summed E-state index contributed by atoms with van der Waals surface area (Å²) in [5.41, 5.74) is 3.40. The molecule has 0 unspecified atom stereocenters. The molecule has 5 nitrogen and oxygen atoms in total. The first-order valence-corrected chi connectivity index (χ1v) is 8.03. The smallest absolute Gasteiger partial charge is 0.187 e. The van der Waals surface area contributed by atoms with E-state index in [4.69, 9.17) is 17.0 Å². The highest BCUT2D eigenvalue weighted by molar-refractivity contribution is 7.80. The monoisotopic (exact) mass is 319 g/mol. The normalized spacial score (nSPS) is 26.3. The average Bonchev–Trinajstić information content (AvgIpc) is 3.11. The van der Waals surface area contributed by atoms with Crippen molar-refractivity contribution >= 4 is 23.5 Å². The zero-order chi connectivity index (χ0) is 15.5. The summed E-state index contributed by atoms with van der Waals surface area (Å²) >= 11 is 5.28. The van der Waals surface area contributed by atoms with Crippen molar-refractivity contribution in [3.05, 3.63) is 23.8 Å². The van der Waals surface area contributed by atoms with Gasteiger partial charge in [0.25, 0.3) is 0 Å². The van der Waals surface area contributed by atoms with E-state index in [0.29, 0.717) is 22.5 Å². The number of phenolic OH excluding ortho intramolecular Hbond substituents is 1. The lowest BCUT2D eigenvalue weighted by molar-refractivity contribution is 0.373. The molecule has 0 heterocycles. The molecule has 22 heavy (non-hydrogen) atoms. The van der Waals surface area contributed by atoms with E-state index < -0.39 is 0 Å². The van der Waals surface area contributed by atoms with Crippen LogP contribution in [0.3, 0.4) is 0 Å². The van der Waals surface area contributed by atoms with Gasteiger partial charge in [-0.1, -0.05) is 12.5 Å². The van der Waals surface area contributed by atoms with Crippen LogP contribution in [0.1, 0.15) is 31.2 Å². The molecule has 2 aliphatic rings. The molecular formula is C16H21N3O2S. The minimum absolute atomic E-state index is 0.0718. The molecule has 3 atom stereocenters. The second-order valence-corrected chi connectivity index (χ2v) is 6.43. The van der Waals surface area contributed by atoms with E-state index in [1.54, 1.807) is 18.2 Å². The Morgan fingerprint density at radius 1 is 1.41 bits per heavy atom. The van der Waals surface area contributed by atoms with Gasteiger partial charge in [-0.15, -0.1) is 0 Å². The highest BCUT2D eigenvalue weighted by Gasteiger charge is 2.39. The van der Waals surface area contributed by atoms with Gasteiger partial charge in [0.05, 0.1) is 13.3 Å². The van der Waals surface area contributed by atoms with Gasteiger partial charge in [-0.3, -0.25) is 5.43 Å². The SMILES string of the molecule is COc1cccc(/C=N\NC(=S)N[C@@H]2C[C@H]3CC[C@@H]2C3)c1O. The molecule has 0 spiro atoms. The summed E-state index contributed by atoms with van der Waals surface area (Å²) in [4.78, 5) is 0. The van der Waals surface area contributed by atoms with Crippen LogP contribution in [0.5, 0.6) is 11.5 Å². The number of benzene rings is 1. The number of phenols is 1. The van der Waals surface area contributed by atoms with Gasteiger partial charge in [0.15, 0.2) is 16.6 Å². The Bertz CT molecular complexity index is 591. The van der Waals surface area contributed by atoms with Gasteiger partial charge < -0.3 is 15.2 Å². The minimum Gasteiger partial charge on any atom is -0.504 e. The molecule has 6 heteroatoms. The Labute approximate surface area is 135 Å². The predicted molar refractivity (Wildman–Crippen MR) is 90.4 cm³/mol. The molecule has 2 bridgehead atoms. The summed E-state index contributed by atoms with van der Waals surface area (Å²) in [5, 5.41) is 17.9. The van der Waals surface area contributed by atoms with Crippen molar-refractivity contribution in [1.29, 1.82) is 0 Å². The van der Waals surface area contributed by atoms with Crippen LogP contribution < -0.4 is 15.5 Å². The van der Waals surface area contributed by atoms with Crippen LogP contribution in [0.4, 0.5) is 0 Å². The number of para-hydroxylation sites is 1. The molecule has 118 valence electrons. The number of hydrogen-bond donors (Lipinski definition) is 3. The third-order valence-electron chi connectivity index (χ3n) is 4.67. The van der Waals surface area contributed by atoms with Gasteiger partial charge >= 0.3 is 0 Å². The fourth-order valence-electron chi connectivity index (χ4n) is 3.59. The van der Waals surface area contributed by atoms with Crippen molar-refractivity contribution in [2.75, 3.05) is 7.11 Å². The molecule has 1 aromatic rings. The molecule has 3 N–H and O–H groups in total. The van der Waals surface area contributed by atoms with Gasteiger partial charge in [0.2, 0.25) is 0 Å². The second kappa shape index (κ2) is 6.52. The molecule has 1 aromatic carbocycles. The number of rotatable bonds is 4. The number of aromatic hydroxyl groups is 1. The van der Waals surface area contributed by atoms with E-state index in [9.17, 15) is 5.11 Å². The molecular weight excluding hydrogens is 298 g/mol. The quantitative estimate of drug-likeness (QED) is 0.452. The minimum atomic E-state index is 0.0718. The third-order valence-corrected chi connectivity index (χ3v) is 4.88. The molecule has 2 fully saturated rings. The Morgan fingerprint density at radius 2 is 2.27 bits per heavy atom. The number of nitrogens with one attached hydrogen (secondary N) is 2. The van der Waals surface area contributed by atoms with E-state index in [-0.39, 0.29) is 5.75 Å². The van der Waals surface area contributed by atoms with Crippen molar-refractivity contribution in [2.24, 2.45) is 16.9 Å². The summed E-state index contributed by atoms with van der Waals surface area (Å²) < 4.78 is 5.06. The lowest BCUT2D eigenvalue weighted by Crippen LogP contribution is -2.42. The largest absolute Gasteiger partial charge is 0.504 e. The number of hydrazone groups is 1. The number of thiocarbonyl (C=S) groups is 1. The van der Waals surface area contributed by atoms with E-state index in [0.717, 1.165) is 11.8 Å². The van der Waals surface area contributed by atoms with Crippen LogP contribution in [-0.4, -0.2) is 29.6 Å². The average molecular weight is 319 g/mol. The first-order chi connectivity index (χ1) is 10.7. The third kappa shape index (κ3) is 3.16. The summed E-state index contributed by atoms with van der Waals surface area (Å²) in [6.45, 7) is 0. The number of nitrogens with zero attached hydrogens (tertiary/aromatic N) is 1. The zero-order valence-corrected chi connectivity index (χ0v) is 13.4. The first-order valence-electron chi connectivity index (χ1n) is 7.63. The van der Waals surface area contributed by atoms with Crippen molar-refractivity contribution < 1.29 is 9.84 Å². The van der Waals surface area contributed by atoms with Crippen LogP contribution in [-0.2, 0) is 0 Å². The fraction of sp³-hybridized carbons (Fsp3) is 0.500. The maximum absolute atomic E-state index is 9.96. The van der Waals surface area contributed by atoms with Gasteiger partial charge in [0, 0.05) is 11.6 Å². The van der Waals surface area contributed by atoms with E-state index in [1.165, 1.54) is 39.0 Å². The summed E-state index contributed by atoms with van der Waals surface area (Å²) in [5.74, 6) is 2.13. The number of ether oxygens (including phenoxy) is 1. The molecule has 2 aliphatic carbocycles. The zero-order valence-electron chi connectivity index (χ0n) is 12.6. The van der Waals surface area contributed by atoms with Crippen molar-refractivity contribution in [1.82, 2.24) is 10.7 Å². The van der Waals surface area contributed by atoms with Crippen molar-refractivity contribution in [3.8, 4) is 11.5 Å². The van der Waals surface area contributed by atoms with Crippen molar-refractivity contribution in [3.63, 3.8) is 0 Å². The Morgan fingerprint density at radius 3 is 2.95 bits per heavy atom. The molecule has 3 rings (SSSR count). The summed E-state index contributed by atoms with van der Waals surface area (Å²) in [6.07, 6.45) is 6.77. The number of hydrogen-bond acceptors (Lipinski definition) is 4. The summed E-state index contributed by atoms with van der Waals surface area (Å²) in [7, 11) is 1.52. The Hall–Kier alpha value is -1.82. The molecule has 0 aromatic heterocycles. The second-order valence-electron chi connectivity index (χ2n) is 6.02. The Kier molecular flexibility index (Phi) is 4.47. The van der Waals surface area contributed by atoms with Crippen LogP contribution in [0.25, 0.3) is 0 Å². The predicted octanol–water partition coefficient (Wildman–Crippen LogP) is 2.39. The van der Waals surface area contributed by atoms with Crippen LogP contribution in [0.15, 0.2) is 23.3 Å². The van der Waals surface area contributed by atoms with Crippen LogP contribution in [0.2, 0.25) is 0 Å². The van der Waals surface area contributed by atoms with Gasteiger partial charge in [-0.25, -0.2) is 0 Å². The highest BCUT2D eigenvalue weighted by atomic mass is 32.1. The molecule has 2 saturated carbocycles. The van der Waals surface area contributed by atoms with E-state index >= 15 is 0 Å². The molecule has 0 aliphatic heterocycles. The van der Waals surface area contributed by atoms with Crippen molar-refractivity contribution in [2.45, 2.75) is 31.7 Å². The number of fused-ring (bicyclic) bond motifs is 2. The maximum Gasteiger partial charge on any atom is 0.187 e. The first kappa shape index (κ1) is 15.1. The summed E-state index contributed by atoms with van der Waals surface area (Å²) in [6, 6.07) is 5.74. The van der Waals surface area contributed by atoms with E-state index in [1.807, 2.05) is 0 Å².